The predicted octanol–water partition coefficient (Wildman–Crippen LogP) is 2.57. The van der Waals surface area contributed by atoms with Gasteiger partial charge in [-0.25, -0.2) is 9.97 Å². The summed E-state index contributed by atoms with van der Waals surface area (Å²) in [7, 11) is 0. The molecule has 0 aliphatic carbocycles. The van der Waals surface area contributed by atoms with Crippen LogP contribution in [0, 0.1) is 0 Å². The molecular weight excluding hydrogens is 272 g/mol. The number of rotatable bonds is 2. The largest absolute Gasteiger partial charge is 0.240 e. The first-order valence-corrected chi connectivity index (χ1v) is 5.00. The number of aromatic nitrogens is 2. The van der Waals surface area contributed by atoms with E-state index in [-0.39, 0.29) is 0 Å². The highest BCUT2D eigenvalue weighted by Crippen LogP contribution is 2.08. The van der Waals surface area contributed by atoms with Crippen LogP contribution in [0.25, 0.3) is 0 Å². The standard InChI is InChI=1S/C7H8Br2N2/c1-5(8)2-7-10-3-6(9)4-11-7/h3-5H,2H2,1H3. The SMILES string of the molecule is CC(Br)Cc1ncc(Br)cn1. The van der Waals surface area contributed by atoms with E-state index in [0.29, 0.717) is 4.83 Å². The lowest BCUT2D eigenvalue weighted by Gasteiger charge is -2.00. The first kappa shape index (κ1) is 9.13. The molecule has 2 nitrogen and oxygen atoms in total. The highest BCUT2D eigenvalue weighted by Gasteiger charge is 2.00. The molecule has 1 atom stereocenters. The molecule has 1 aromatic heterocycles. The molecule has 0 aliphatic rings. The lowest BCUT2D eigenvalue weighted by Crippen LogP contribution is -2.01. The van der Waals surface area contributed by atoms with E-state index < -0.39 is 0 Å². The Bertz CT molecular complexity index is 220. The third-order valence-corrected chi connectivity index (χ3v) is 1.87. The van der Waals surface area contributed by atoms with Crippen LogP contribution >= 0.6 is 31.9 Å². The number of hydrogen-bond acceptors (Lipinski definition) is 2. The fourth-order valence-electron chi connectivity index (χ4n) is 0.696. The lowest BCUT2D eigenvalue weighted by atomic mass is 10.3. The summed E-state index contributed by atoms with van der Waals surface area (Å²) in [6.07, 6.45) is 4.39. The van der Waals surface area contributed by atoms with Crippen LogP contribution in [0.1, 0.15) is 12.7 Å². The van der Waals surface area contributed by atoms with Gasteiger partial charge in [-0.05, 0) is 15.9 Å². The Morgan fingerprint density at radius 3 is 2.45 bits per heavy atom. The molecule has 0 bridgehead atoms. The van der Waals surface area contributed by atoms with Crippen molar-refractivity contribution >= 4 is 31.9 Å². The first-order chi connectivity index (χ1) is 5.18. The lowest BCUT2D eigenvalue weighted by molar-refractivity contribution is 0.856. The Morgan fingerprint density at radius 2 is 2.00 bits per heavy atom. The number of nitrogens with zero attached hydrogens (tertiary/aromatic N) is 2. The quantitative estimate of drug-likeness (QED) is 0.778. The molecule has 0 saturated heterocycles. The average molecular weight is 280 g/mol. The van der Waals surface area contributed by atoms with E-state index in [9.17, 15) is 0 Å². The molecule has 60 valence electrons. The van der Waals surface area contributed by atoms with Crippen LogP contribution in [-0.4, -0.2) is 14.8 Å². The Hall–Kier alpha value is 0.0400. The Labute approximate surface area is 82.7 Å². The second kappa shape index (κ2) is 4.16. The van der Waals surface area contributed by atoms with E-state index in [1.165, 1.54) is 0 Å². The Kier molecular flexibility index (Phi) is 3.45. The van der Waals surface area contributed by atoms with Crippen molar-refractivity contribution in [2.45, 2.75) is 18.2 Å². The summed E-state index contributed by atoms with van der Waals surface area (Å²) >= 11 is 6.71. The van der Waals surface area contributed by atoms with E-state index >= 15 is 0 Å². The minimum absolute atomic E-state index is 0.434. The van der Waals surface area contributed by atoms with Crippen LogP contribution in [0.3, 0.4) is 0 Å². The Balaban J connectivity index is 2.66. The van der Waals surface area contributed by atoms with Crippen molar-refractivity contribution < 1.29 is 0 Å². The zero-order chi connectivity index (χ0) is 8.27. The maximum atomic E-state index is 4.13. The minimum Gasteiger partial charge on any atom is -0.240 e. The van der Waals surface area contributed by atoms with E-state index in [1.807, 2.05) is 0 Å². The molecule has 0 radical (unpaired) electrons. The summed E-state index contributed by atoms with van der Waals surface area (Å²) in [6.45, 7) is 2.07. The van der Waals surface area contributed by atoms with Crippen LogP contribution in [0.2, 0.25) is 0 Å². The van der Waals surface area contributed by atoms with Crippen molar-refractivity contribution in [1.29, 1.82) is 0 Å². The maximum Gasteiger partial charge on any atom is 0.129 e. The number of alkyl halides is 1. The van der Waals surface area contributed by atoms with Gasteiger partial charge < -0.3 is 0 Å². The summed E-state index contributed by atoms with van der Waals surface area (Å²) in [4.78, 5) is 8.69. The second-order valence-corrected chi connectivity index (χ2v) is 4.78. The van der Waals surface area contributed by atoms with Crippen LogP contribution in [0.5, 0.6) is 0 Å². The van der Waals surface area contributed by atoms with Crippen LogP contribution in [0.4, 0.5) is 0 Å². The van der Waals surface area contributed by atoms with Gasteiger partial charge in [0.1, 0.15) is 5.82 Å². The van der Waals surface area contributed by atoms with Gasteiger partial charge >= 0.3 is 0 Å². The summed E-state index contributed by atoms with van der Waals surface area (Å²) in [5.74, 6) is 0.873. The monoisotopic (exact) mass is 278 g/mol. The van der Waals surface area contributed by atoms with Gasteiger partial charge in [0.05, 0.1) is 4.47 Å². The third kappa shape index (κ3) is 3.29. The van der Waals surface area contributed by atoms with Crippen LogP contribution in [-0.2, 0) is 6.42 Å². The molecule has 0 aromatic carbocycles. The van der Waals surface area contributed by atoms with Crippen molar-refractivity contribution in [1.82, 2.24) is 9.97 Å². The van der Waals surface area contributed by atoms with Crippen molar-refractivity contribution in [2.24, 2.45) is 0 Å². The van der Waals surface area contributed by atoms with Gasteiger partial charge in [-0.3, -0.25) is 0 Å². The van der Waals surface area contributed by atoms with E-state index in [4.69, 9.17) is 0 Å². The molecule has 0 aliphatic heterocycles. The van der Waals surface area contributed by atoms with E-state index in [0.717, 1.165) is 16.7 Å². The fourth-order valence-corrected chi connectivity index (χ4v) is 1.19. The van der Waals surface area contributed by atoms with E-state index in [2.05, 4.69) is 48.8 Å². The normalized spacial score (nSPS) is 13.0. The van der Waals surface area contributed by atoms with Crippen molar-refractivity contribution in [3.63, 3.8) is 0 Å². The molecule has 0 saturated carbocycles. The molecule has 1 aromatic rings. The number of hydrogen-bond donors (Lipinski definition) is 0. The summed E-state index contributed by atoms with van der Waals surface area (Å²) < 4.78 is 0.920. The average Bonchev–Trinajstić information content (AvgIpc) is 1.93. The summed E-state index contributed by atoms with van der Waals surface area (Å²) in [5.41, 5.74) is 0. The zero-order valence-electron chi connectivity index (χ0n) is 6.09. The maximum absolute atomic E-state index is 4.13. The highest BCUT2D eigenvalue weighted by atomic mass is 79.9. The minimum atomic E-state index is 0.434. The summed E-state index contributed by atoms with van der Waals surface area (Å²) in [5, 5.41) is 0. The molecule has 1 unspecified atom stereocenters. The molecule has 1 rings (SSSR count). The smallest absolute Gasteiger partial charge is 0.129 e. The van der Waals surface area contributed by atoms with Crippen molar-refractivity contribution in [3.8, 4) is 0 Å². The molecule has 1 heterocycles. The van der Waals surface area contributed by atoms with Crippen molar-refractivity contribution in [3.05, 3.63) is 22.7 Å². The molecule has 0 N–H and O–H groups in total. The third-order valence-electron chi connectivity index (χ3n) is 1.14. The van der Waals surface area contributed by atoms with Crippen molar-refractivity contribution in [2.75, 3.05) is 0 Å². The highest BCUT2D eigenvalue weighted by molar-refractivity contribution is 9.10. The molecular formula is C7H8Br2N2. The van der Waals surface area contributed by atoms with Gasteiger partial charge in [0.25, 0.3) is 0 Å². The van der Waals surface area contributed by atoms with Crippen LogP contribution < -0.4 is 0 Å². The molecule has 4 heteroatoms. The fraction of sp³-hybridized carbons (Fsp3) is 0.429. The van der Waals surface area contributed by atoms with Gasteiger partial charge in [0.2, 0.25) is 0 Å². The van der Waals surface area contributed by atoms with Gasteiger partial charge in [-0.1, -0.05) is 22.9 Å². The topological polar surface area (TPSA) is 25.8 Å². The first-order valence-electron chi connectivity index (χ1n) is 3.29. The van der Waals surface area contributed by atoms with Gasteiger partial charge in [0, 0.05) is 23.6 Å². The zero-order valence-corrected chi connectivity index (χ0v) is 9.26. The summed E-state index contributed by atoms with van der Waals surface area (Å²) in [6, 6.07) is 0. The molecule has 0 fully saturated rings. The van der Waals surface area contributed by atoms with Gasteiger partial charge in [-0.15, -0.1) is 0 Å². The second-order valence-electron chi connectivity index (χ2n) is 2.30. The number of halogens is 2. The molecule has 0 amide bonds. The van der Waals surface area contributed by atoms with Gasteiger partial charge in [-0.2, -0.15) is 0 Å². The van der Waals surface area contributed by atoms with E-state index in [1.54, 1.807) is 12.4 Å². The Morgan fingerprint density at radius 1 is 1.45 bits per heavy atom. The van der Waals surface area contributed by atoms with Gasteiger partial charge in [0.15, 0.2) is 0 Å². The molecule has 11 heavy (non-hydrogen) atoms. The van der Waals surface area contributed by atoms with Crippen LogP contribution in [0.15, 0.2) is 16.9 Å². The molecule has 0 spiro atoms. The predicted molar refractivity (Wildman–Crippen MR) is 51.8 cm³/mol.